The van der Waals surface area contributed by atoms with Crippen molar-refractivity contribution in [3.05, 3.63) is 18.2 Å². The number of rotatable bonds is 3. The van der Waals surface area contributed by atoms with Crippen LogP contribution in [0.4, 0.5) is 5.69 Å². The lowest BCUT2D eigenvalue weighted by molar-refractivity contribution is -0.907. The monoisotopic (exact) mass is 307 g/mol. The summed E-state index contributed by atoms with van der Waals surface area (Å²) in [6.45, 7) is 7.38. The molecule has 1 fully saturated rings. The van der Waals surface area contributed by atoms with E-state index in [-0.39, 0.29) is 18.1 Å². The molecule has 0 radical (unpaired) electrons. The molecule has 6 nitrogen and oxygen atoms in total. The van der Waals surface area contributed by atoms with Crippen molar-refractivity contribution in [3.63, 3.8) is 0 Å². The average molecular weight is 307 g/mol. The summed E-state index contributed by atoms with van der Waals surface area (Å²) in [5.74, 6) is 1.42. The van der Waals surface area contributed by atoms with E-state index in [1.165, 1.54) is 4.90 Å². The molecule has 3 rings (SSSR count). The summed E-state index contributed by atoms with van der Waals surface area (Å²) in [5.41, 5.74) is 0.739. The third-order valence-corrected chi connectivity index (χ3v) is 3.85. The molecule has 6 heteroatoms. The standard InChI is InChI=1S/C16H22N2O4/c1-11-8-18(9-12(2)22-11)10-16(19)17-13-3-4-14-15(7-13)21-6-5-20-14/h3-4,7,11-12H,5-6,8-10H2,1-2H3,(H,17,19)/p+1/t11-,12-/m0/s1. The molecule has 2 aliphatic heterocycles. The van der Waals surface area contributed by atoms with Crippen LogP contribution in [0.25, 0.3) is 0 Å². The number of amides is 1. The fourth-order valence-electron chi connectivity index (χ4n) is 3.09. The van der Waals surface area contributed by atoms with Crippen molar-refractivity contribution in [2.24, 2.45) is 0 Å². The molecule has 120 valence electrons. The molecule has 0 aromatic heterocycles. The Bertz CT molecular complexity index is 539. The SMILES string of the molecule is C[C@H]1C[NH+](CC(=O)Nc2ccc3c(c2)OCCO3)C[C@H](C)O1. The molecule has 2 heterocycles. The van der Waals surface area contributed by atoms with Crippen molar-refractivity contribution in [1.29, 1.82) is 0 Å². The quantitative estimate of drug-likeness (QED) is 0.831. The first-order valence-corrected chi connectivity index (χ1v) is 7.78. The van der Waals surface area contributed by atoms with Crippen molar-refractivity contribution < 1.29 is 23.9 Å². The Morgan fingerprint density at radius 1 is 1.18 bits per heavy atom. The molecule has 2 aliphatic rings. The summed E-state index contributed by atoms with van der Waals surface area (Å²) in [7, 11) is 0. The number of hydrogen-bond donors (Lipinski definition) is 2. The second kappa shape index (κ2) is 6.54. The molecule has 1 saturated heterocycles. The number of fused-ring (bicyclic) bond motifs is 1. The van der Waals surface area contributed by atoms with Crippen LogP contribution in [0.15, 0.2) is 18.2 Å². The van der Waals surface area contributed by atoms with Gasteiger partial charge in [0.2, 0.25) is 0 Å². The van der Waals surface area contributed by atoms with Crippen LogP contribution in [0.3, 0.4) is 0 Å². The maximum absolute atomic E-state index is 12.2. The van der Waals surface area contributed by atoms with Gasteiger partial charge < -0.3 is 24.4 Å². The summed E-state index contributed by atoms with van der Waals surface area (Å²) < 4.78 is 16.7. The van der Waals surface area contributed by atoms with Crippen molar-refractivity contribution in [2.45, 2.75) is 26.1 Å². The number of nitrogens with one attached hydrogen (secondary N) is 2. The van der Waals surface area contributed by atoms with E-state index in [0.717, 1.165) is 24.5 Å². The van der Waals surface area contributed by atoms with Crippen LogP contribution in [-0.2, 0) is 9.53 Å². The number of ether oxygens (including phenoxy) is 3. The van der Waals surface area contributed by atoms with Crippen molar-refractivity contribution in [3.8, 4) is 11.5 Å². The van der Waals surface area contributed by atoms with Gasteiger partial charge in [-0.25, -0.2) is 0 Å². The Labute approximate surface area is 130 Å². The number of morpholine rings is 1. The summed E-state index contributed by atoms with van der Waals surface area (Å²) >= 11 is 0. The number of carbonyl (C=O) groups excluding carboxylic acids is 1. The molecule has 0 unspecified atom stereocenters. The average Bonchev–Trinajstić information content (AvgIpc) is 2.45. The Balaban J connectivity index is 1.57. The minimum absolute atomic E-state index is 0.00739. The lowest BCUT2D eigenvalue weighted by Crippen LogP contribution is -3.16. The van der Waals surface area contributed by atoms with Crippen LogP contribution in [0.5, 0.6) is 11.5 Å². The predicted molar refractivity (Wildman–Crippen MR) is 81.6 cm³/mol. The van der Waals surface area contributed by atoms with Gasteiger partial charge >= 0.3 is 0 Å². The van der Waals surface area contributed by atoms with Crippen LogP contribution in [0.1, 0.15) is 13.8 Å². The number of anilines is 1. The molecule has 0 bridgehead atoms. The van der Waals surface area contributed by atoms with Gasteiger partial charge in [-0.15, -0.1) is 0 Å². The highest BCUT2D eigenvalue weighted by molar-refractivity contribution is 5.91. The third-order valence-electron chi connectivity index (χ3n) is 3.85. The summed E-state index contributed by atoms with van der Waals surface area (Å²) in [6.07, 6.45) is 0.390. The molecule has 0 aliphatic carbocycles. The summed E-state index contributed by atoms with van der Waals surface area (Å²) in [5, 5.41) is 2.93. The van der Waals surface area contributed by atoms with Gasteiger partial charge in [-0.1, -0.05) is 0 Å². The zero-order valence-corrected chi connectivity index (χ0v) is 13.1. The normalized spacial score (nSPS) is 27.3. The van der Waals surface area contributed by atoms with Gasteiger partial charge in [0.1, 0.15) is 38.5 Å². The van der Waals surface area contributed by atoms with E-state index in [1.54, 1.807) is 0 Å². The molecular formula is C16H23N2O4+. The van der Waals surface area contributed by atoms with E-state index in [1.807, 2.05) is 32.0 Å². The van der Waals surface area contributed by atoms with Gasteiger partial charge in [0, 0.05) is 11.8 Å². The van der Waals surface area contributed by atoms with Gasteiger partial charge in [-0.3, -0.25) is 4.79 Å². The highest BCUT2D eigenvalue weighted by atomic mass is 16.6. The lowest BCUT2D eigenvalue weighted by atomic mass is 10.2. The minimum Gasteiger partial charge on any atom is -0.486 e. The van der Waals surface area contributed by atoms with E-state index in [4.69, 9.17) is 14.2 Å². The first-order valence-electron chi connectivity index (χ1n) is 7.78. The van der Waals surface area contributed by atoms with E-state index < -0.39 is 0 Å². The number of hydrogen-bond acceptors (Lipinski definition) is 4. The van der Waals surface area contributed by atoms with Crippen LogP contribution in [0.2, 0.25) is 0 Å². The molecule has 22 heavy (non-hydrogen) atoms. The zero-order valence-electron chi connectivity index (χ0n) is 13.1. The Kier molecular flexibility index (Phi) is 4.49. The van der Waals surface area contributed by atoms with E-state index in [9.17, 15) is 4.79 Å². The smallest absolute Gasteiger partial charge is 0.279 e. The van der Waals surface area contributed by atoms with Gasteiger partial charge in [-0.2, -0.15) is 0 Å². The highest BCUT2D eigenvalue weighted by Crippen LogP contribution is 2.32. The van der Waals surface area contributed by atoms with E-state index in [0.29, 0.717) is 25.5 Å². The molecule has 0 spiro atoms. The van der Waals surface area contributed by atoms with Crippen LogP contribution in [0, 0.1) is 0 Å². The van der Waals surface area contributed by atoms with Gasteiger partial charge in [0.25, 0.3) is 5.91 Å². The fraction of sp³-hybridized carbons (Fsp3) is 0.562. The maximum atomic E-state index is 12.2. The first-order chi connectivity index (χ1) is 10.6. The molecule has 2 atom stereocenters. The minimum atomic E-state index is 0.00739. The number of carbonyl (C=O) groups is 1. The maximum Gasteiger partial charge on any atom is 0.279 e. The van der Waals surface area contributed by atoms with Crippen LogP contribution < -0.4 is 19.7 Å². The van der Waals surface area contributed by atoms with Gasteiger partial charge in [0.05, 0.1) is 0 Å². The van der Waals surface area contributed by atoms with E-state index in [2.05, 4.69) is 5.32 Å². The molecule has 1 aromatic rings. The molecule has 0 saturated carbocycles. The van der Waals surface area contributed by atoms with Gasteiger partial charge in [-0.05, 0) is 26.0 Å². The number of benzene rings is 1. The second-order valence-electron chi connectivity index (χ2n) is 6.00. The van der Waals surface area contributed by atoms with Gasteiger partial charge in [0.15, 0.2) is 18.0 Å². The predicted octanol–water partition coefficient (Wildman–Crippen LogP) is 0.0884. The summed E-state index contributed by atoms with van der Waals surface area (Å²) in [6, 6.07) is 5.48. The number of quaternary nitrogens is 1. The topological polar surface area (TPSA) is 61.2 Å². The van der Waals surface area contributed by atoms with Crippen molar-refractivity contribution in [2.75, 3.05) is 38.2 Å². The molecule has 2 N–H and O–H groups in total. The Hall–Kier alpha value is -1.79. The second-order valence-corrected chi connectivity index (χ2v) is 6.00. The first kappa shape index (κ1) is 15.1. The van der Waals surface area contributed by atoms with Crippen LogP contribution in [-0.4, -0.2) is 51.0 Å². The highest BCUT2D eigenvalue weighted by Gasteiger charge is 2.27. The van der Waals surface area contributed by atoms with Crippen molar-refractivity contribution in [1.82, 2.24) is 0 Å². The largest absolute Gasteiger partial charge is 0.486 e. The Morgan fingerprint density at radius 2 is 1.86 bits per heavy atom. The molecule has 1 aromatic carbocycles. The zero-order chi connectivity index (χ0) is 15.5. The summed E-state index contributed by atoms with van der Waals surface area (Å²) in [4.78, 5) is 13.5. The third kappa shape index (κ3) is 3.69. The molecular weight excluding hydrogens is 284 g/mol. The Morgan fingerprint density at radius 3 is 2.59 bits per heavy atom. The lowest BCUT2D eigenvalue weighted by Gasteiger charge is -2.31. The molecule has 1 amide bonds. The van der Waals surface area contributed by atoms with E-state index >= 15 is 0 Å². The van der Waals surface area contributed by atoms with Crippen LogP contribution >= 0.6 is 0 Å². The van der Waals surface area contributed by atoms with Crippen molar-refractivity contribution >= 4 is 11.6 Å². The fourth-order valence-corrected chi connectivity index (χ4v) is 3.09.